The van der Waals surface area contributed by atoms with Gasteiger partial charge in [0, 0.05) is 11.0 Å². The Bertz CT molecular complexity index is 1050. The van der Waals surface area contributed by atoms with Gasteiger partial charge in [0.25, 0.3) is 0 Å². The first kappa shape index (κ1) is 21.0. The van der Waals surface area contributed by atoms with Crippen LogP contribution in [0.4, 0.5) is 0 Å². The van der Waals surface area contributed by atoms with E-state index in [1.165, 1.54) is 16.7 Å². The summed E-state index contributed by atoms with van der Waals surface area (Å²) in [6.07, 6.45) is 11.0. The second-order valence-corrected chi connectivity index (χ2v) is 11.8. The molecule has 2 fully saturated rings. The van der Waals surface area contributed by atoms with Crippen LogP contribution in [0.2, 0.25) is 0 Å². The Hall–Kier alpha value is -1.87. The average Bonchev–Trinajstić information content (AvgIpc) is 2.69. The highest BCUT2D eigenvalue weighted by atomic mass is 16.3. The van der Waals surface area contributed by atoms with Gasteiger partial charge in [-0.25, -0.2) is 0 Å². The minimum Gasteiger partial charge on any atom is -0.504 e. The van der Waals surface area contributed by atoms with Crippen LogP contribution in [0.3, 0.4) is 0 Å². The van der Waals surface area contributed by atoms with Gasteiger partial charge in [-0.05, 0) is 97.0 Å². The van der Waals surface area contributed by atoms with Crippen molar-refractivity contribution in [2.45, 2.75) is 79.8 Å². The number of fused-ring (bicyclic) bond motifs is 7. The van der Waals surface area contributed by atoms with Gasteiger partial charge in [-0.3, -0.25) is 4.79 Å². The third kappa shape index (κ3) is 2.59. The SMILES string of the molecule is CC1=C2C3=CC=C4C(=CC(=O)C(O)=C4C)[C@]3(C)CC[C@@]2(C)[C@@H]2C[C@@H](C)[C@@H](O)C[C@]2(C)C1. The van der Waals surface area contributed by atoms with Crippen LogP contribution in [0.1, 0.15) is 73.6 Å². The first-order valence-corrected chi connectivity index (χ1v) is 11.9. The molecule has 0 aliphatic heterocycles. The van der Waals surface area contributed by atoms with Crippen LogP contribution in [0.5, 0.6) is 0 Å². The van der Waals surface area contributed by atoms with Gasteiger partial charge in [0.05, 0.1) is 6.10 Å². The van der Waals surface area contributed by atoms with Crippen LogP contribution in [0, 0.1) is 28.1 Å². The molecular formula is C28H36O3. The zero-order chi connectivity index (χ0) is 22.5. The van der Waals surface area contributed by atoms with Crippen molar-refractivity contribution in [2.75, 3.05) is 0 Å². The Morgan fingerprint density at radius 2 is 1.77 bits per heavy atom. The van der Waals surface area contributed by atoms with Gasteiger partial charge in [-0.1, -0.05) is 45.4 Å². The van der Waals surface area contributed by atoms with Gasteiger partial charge < -0.3 is 10.2 Å². The van der Waals surface area contributed by atoms with E-state index in [4.69, 9.17) is 0 Å². The molecule has 0 aromatic carbocycles. The first-order valence-electron chi connectivity index (χ1n) is 11.9. The number of hydrogen-bond donors (Lipinski definition) is 2. The molecular weight excluding hydrogens is 384 g/mol. The summed E-state index contributed by atoms with van der Waals surface area (Å²) in [6, 6.07) is 0. The largest absolute Gasteiger partial charge is 0.504 e. The molecule has 0 spiro atoms. The predicted molar refractivity (Wildman–Crippen MR) is 123 cm³/mol. The van der Waals surface area contributed by atoms with Crippen molar-refractivity contribution in [2.24, 2.45) is 28.1 Å². The molecule has 5 aliphatic rings. The van der Waals surface area contributed by atoms with Crippen LogP contribution in [-0.4, -0.2) is 22.1 Å². The van der Waals surface area contributed by atoms with Crippen molar-refractivity contribution >= 4 is 5.78 Å². The summed E-state index contributed by atoms with van der Waals surface area (Å²) in [5, 5.41) is 20.9. The summed E-state index contributed by atoms with van der Waals surface area (Å²) in [5.74, 6) is 0.511. The smallest absolute Gasteiger partial charge is 0.220 e. The molecule has 166 valence electrons. The Morgan fingerprint density at radius 3 is 2.48 bits per heavy atom. The van der Waals surface area contributed by atoms with Crippen molar-refractivity contribution in [3.63, 3.8) is 0 Å². The third-order valence-corrected chi connectivity index (χ3v) is 9.79. The van der Waals surface area contributed by atoms with E-state index < -0.39 is 0 Å². The summed E-state index contributed by atoms with van der Waals surface area (Å²) in [7, 11) is 0. The fourth-order valence-corrected chi connectivity index (χ4v) is 8.15. The van der Waals surface area contributed by atoms with Gasteiger partial charge in [-0.2, -0.15) is 0 Å². The molecule has 0 unspecified atom stereocenters. The lowest BCUT2D eigenvalue weighted by atomic mass is 9.42. The molecule has 0 saturated heterocycles. The molecule has 0 radical (unpaired) electrons. The van der Waals surface area contributed by atoms with Crippen molar-refractivity contribution in [3.05, 3.63) is 57.4 Å². The normalized spacial score (nSPS) is 44.5. The molecule has 31 heavy (non-hydrogen) atoms. The summed E-state index contributed by atoms with van der Waals surface area (Å²) in [5.41, 5.74) is 7.15. The molecule has 3 heteroatoms. The summed E-state index contributed by atoms with van der Waals surface area (Å²) in [6.45, 7) is 13.5. The van der Waals surface area contributed by atoms with E-state index in [9.17, 15) is 15.0 Å². The maximum Gasteiger partial charge on any atom is 0.220 e. The van der Waals surface area contributed by atoms with E-state index in [1.54, 1.807) is 6.08 Å². The monoisotopic (exact) mass is 420 g/mol. The number of aliphatic hydroxyl groups is 2. The Balaban J connectivity index is 1.69. The summed E-state index contributed by atoms with van der Waals surface area (Å²) >= 11 is 0. The number of carbonyl (C=O) groups excluding carboxylic acids is 1. The fraction of sp³-hybridized carbons (Fsp3) is 0.607. The number of aliphatic hydroxyl groups excluding tert-OH is 2. The van der Waals surface area contributed by atoms with E-state index in [-0.39, 0.29) is 33.9 Å². The van der Waals surface area contributed by atoms with E-state index in [0.717, 1.165) is 43.3 Å². The van der Waals surface area contributed by atoms with E-state index in [0.29, 0.717) is 17.4 Å². The van der Waals surface area contributed by atoms with E-state index in [1.807, 2.05) is 6.92 Å². The quantitative estimate of drug-likeness (QED) is 0.495. The minimum atomic E-state index is -0.266. The summed E-state index contributed by atoms with van der Waals surface area (Å²) in [4.78, 5) is 12.5. The molecule has 2 N–H and O–H groups in total. The topological polar surface area (TPSA) is 57.5 Å². The highest BCUT2D eigenvalue weighted by molar-refractivity contribution is 6.06. The number of ketones is 1. The molecule has 0 heterocycles. The summed E-state index contributed by atoms with van der Waals surface area (Å²) < 4.78 is 0. The zero-order valence-corrected chi connectivity index (χ0v) is 19.8. The lowest BCUT2D eigenvalue weighted by Gasteiger charge is -2.62. The first-order chi connectivity index (χ1) is 14.4. The molecule has 5 aliphatic carbocycles. The van der Waals surface area contributed by atoms with Crippen LogP contribution in [0.25, 0.3) is 0 Å². The zero-order valence-electron chi connectivity index (χ0n) is 19.8. The van der Waals surface area contributed by atoms with Crippen molar-refractivity contribution in [1.82, 2.24) is 0 Å². The van der Waals surface area contributed by atoms with Crippen molar-refractivity contribution < 1.29 is 15.0 Å². The number of hydrogen-bond acceptors (Lipinski definition) is 3. The lowest BCUT2D eigenvalue weighted by Crippen LogP contribution is -2.54. The molecule has 3 nitrogen and oxygen atoms in total. The molecule has 0 aromatic heterocycles. The van der Waals surface area contributed by atoms with Crippen LogP contribution in [0.15, 0.2) is 57.4 Å². The van der Waals surface area contributed by atoms with Gasteiger partial charge in [0.15, 0.2) is 5.76 Å². The predicted octanol–water partition coefficient (Wildman–Crippen LogP) is 6.13. The molecule has 6 atom stereocenters. The minimum absolute atomic E-state index is 0.0917. The van der Waals surface area contributed by atoms with Gasteiger partial charge in [0.2, 0.25) is 5.78 Å². The van der Waals surface area contributed by atoms with Crippen LogP contribution >= 0.6 is 0 Å². The van der Waals surface area contributed by atoms with Gasteiger partial charge in [0.1, 0.15) is 0 Å². The second-order valence-electron chi connectivity index (χ2n) is 11.8. The molecule has 0 amide bonds. The molecule has 2 saturated carbocycles. The van der Waals surface area contributed by atoms with Crippen molar-refractivity contribution in [1.29, 1.82) is 0 Å². The average molecular weight is 421 g/mol. The fourth-order valence-electron chi connectivity index (χ4n) is 8.15. The Kier molecular flexibility index (Phi) is 4.30. The van der Waals surface area contributed by atoms with Gasteiger partial charge in [-0.15, -0.1) is 0 Å². The maximum absolute atomic E-state index is 12.5. The van der Waals surface area contributed by atoms with E-state index in [2.05, 4.69) is 46.8 Å². The van der Waals surface area contributed by atoms with Crippen LogP contribution in [-0.2, 0) is 4.79 Å². The van der Waals surface area contributed by atoms with E-state index >= 15 is 0 Å². The van der Waals surface area contributed by atoms with Crippen LogP contribution < -0.4 is 0 Å². The van der Waals surface area contributed by atoms with Crippen molar-refractivity contribution in [3.8, 4) is 0 Å². The standard InChI is InChI=1S/C28H36O3/c1-15-11-23-26(4,14-22(15)30)13-16(2)24-19-8-7-18-17(3)25(31)21(29)12-20(18)27(19,5)9-10-28(23,24)6/h7-8,12,15,22-23,30-31H,9-11,13-14H2,1-6H3/t15-,22+,23-,26+,27-,28+/m1/s1. The molecule has 0 bridgehead atoms. The van der Waals surface area contributed by atoms with Gasteiger partial charge >= 0.3 is 0 Å². The molecule has 0 aromatic rings. The maximum atomic E-state index is 12.5. The second kappa shape index (κ2) is 6.34. The lowest BCUT2D eigenvalue weighted by molar-refractivity contribution is -0.113. The number of carbonyl (C=O) groups is 1. The Morgan fingerprint density at radius 1 is 1.06 bits per heavy atom. The third-order valence-electron chi connectivity index (χ3n) is 9.79. The highest BCUT2D eigenvalue weighted by Crippen LogP contribution is 2.69. The highest BCUT2D eigenvalue weighted by Gasteiger charge is 2.59. The number of rotatable bonds is 0. The molecule has 5 rings (SSSR count). The Labute approximate surface area is 186 Å². The number of allylic oxidation sites excluding steroid dienone is 9.